The molecule has 2 atom stereocenters. The first-order chi connectivity index (χ1) is 8.50. The fraction of sp³-hybridized carbons (Fsp3) is 0.500. The zero-order chi connectivity index (χ0) is 13.2. The molecule has 18 heavy (non-hydrogen) atoms. The van der Waals surface area contributed by atoms with E-state index in [4.69, 9.17) is 0 Å². The molecular weight excluding hydrogens is 443 g/mol. The van der Waals surface area contributed by atoms with Crippen LogP contribution in [-0.2, 0) is 9.84 Å². The fourth-order valence-electron chi connectivity index (χ4n) is 2.29. The van der Waals surface area contributed by atoms with Gasteiger partial charge < -0.3 is 0 Å². The van der Waals surface area contributed by atoms with Gasteiger partial charge in [-0.15, -0.1) is 0 Å². The summed E-state index contributed by atoms with van der Waals surface area (Å²) in [5.41, 5.74) is 0. The maximum absolute atomic E-state index is 12.1. The van der Waals surface area contributed by atoms with Gasteiger partial charge in [0.1, 0.15) is 0 Å². The molecule has 1 saturated heterocycles. The van der Waals surface area contributed by atoms with E-state index < -0.39 is 15.9 Å². The number of aliphatic hydroxyl groups is 1. The van der Waals surface area contributed by atoms with Gasteiger partial charge in [-0.2, -0.15) is 0 Å². The molecule has 6 heteroatoms. The van der Waals surface area contributed by atoms with Crippen LogP contribution in [0.3, 0.4) is 0 Å². The standard InChI is InChI=1S/C12H16NO3S.Tl/c14-12(11-7-4-8-13-11)9-17(15,16)10-5-2-1-3-6-10;/h1-3,5-6,11-12,14H,4,7-9H2;/q-1;+1/t11-,12-;/m0./s1. The SMILES string of the molecule is O=S(=O)(C[C@H](O)[C@@H]1CCC[N]1[Tl])c1ccccc1. The third-order valence-corrected chi connectivity index (χ3v) is 7.54. The summed E-state index contributed by atoms with van der Waals surface area (Å²) in [6.07, 6.45) is 1.19. The summed E-state index contributed by atoms with van der Waals surface area (Å²) in [6.45, 7) is 0.998. The minimum absolute atomic E-state index is 0.0356. The first kappa shape index (κ1) is 14.4. The van der Waals surface area contributed by atoms with Crippen LogP contribution in [0.15, 0.2) is 35.2 Å². The molecule has 0 bridgehead atoms. The van der Waals surface area contributed by atoms with Gasteiger partial charge in [-0.25, -0.2) is 0 Å². The number of sulfone groups is 1. The van der Waals surface area contributed by atoms with Gasteiger partial charge in [0.05, 0.1) is 0 Å². The quantitative estimate of drug-likeness (QED) is 0.663. The molecule has 0 aromatic heterocycles. The normalized spacial score (nSPS) is 23.0. The van der Waals surface area contributed by atoms with E-state index in [9.17, 15) is 13.5 Å². The van der Waals surface area contributed by atoms with Crippen molar-refractivity contribution in [3.8, 4) is 0 Å². The van der Waals surface area contributed by atoms with Crippen molar-refractivity contribution in [2.45, 2.75) is 29.9 Å². The topological polar surface area (TPSA) is 57.6 Å². The Balaban J connectivity index is 2.09. The number of aliphatic hydroxyl groups excluding tert-OH is 1. The van der Waals surface area contributed by atoms with Crippen molar-refractivity contribution in [3.05, 3.63) is 30.3 Å². The van der Waals surface area contributed by atoms with E-state index >= 15 is 0 Å². The Morgan fingerprint density at radius 1 is 1.39 bits per heavy atom. The van der Waals surface area contributed by atoms with Crippen molar-refractivity contribution in [2.75, 3.05) is 12.3 Å². The number of nitrogens with zero attached hydrogens (tertiary/aromatic N) is 1. The summed E-state index contributed by atoms with van der Waals surface area (Å²) in [4.78, 5) is 0.296. The molecule has 2 rings (SSSR count). The summed E-state index contributed by atoms with van der Waals surface area (Å²) >= 11 is 0.663. The molecule has 0 aliphatic carbocycles. The molecule has 96 valence electrons. The summed E-state index contributed by atoms with van der Waals surface area (Å²) in [6, 6.07) is 8.39. The zero-order valence-corrected chi connectivity index (χ0v) is 15.4. The molecule has 1 heterocycles. The van der Waals surface area contributed by atoms with Gasteiger partial charge in [0, 0.05) is 0 Å². The van der Waals surface area contributed by atoms with E-state index in [2.05, 4.69) is 2.71 Å². The van der Waals surface area contributed by atoms with Crippen molar-refractivity contribution in [1.29, 1.82) is 0 Å². The van der Waals surface area contributed by atoms with E-state index in [1.165, 1.54) is 0 Å². The molecule has 1 N–H and O–H groups in total. The Kier molecular flexibility index (Phi) is 4.79. The van der Waals surface area contributed by atoms with E-state index in [-0.39, 0.29) is 11.8 Å². The number of hydrogen-bond acceptors (Lipinski definition) is 4. The van der Waals surface area contributed by atoms with Crippen molar-refractivity contribution < 1.29 is 13.5 Å². The van der Waals surface area contributed by atoms with Crippen molar-refractivity contribution in [2.24, 2.45) is 0 Å². The predicted octanol–water partition coefficient (Wildman–Crippen LogP) is 0.369. The minimum atomic E-state index is -3.38. The zero-order valence-electron chi connectivity index (χ0n) is 10.1. The second kappa shape index (κ2) is 5.98. The Hall–Kier alpha value is 0.0121. The summed E-state index contributed by atoms with van der Waals surface area (Å²) in [5, 5.41) is 10.1. The van der Waals surface area contributed by atoms with Crippen molar-refractivity contribution in [3.63, 3.8) is 0 Å². The van der Waals surface area contributed by atoms with Crippen LogP contribution in [0, 0.1) is 0 Å². The Morgan fingerprint density at radius 2 is 2.06 bits per heavy atom. The fourth-order valence-corrected chi connectivity index (χ4v) is 5.79. The van der Waals surface area contributed by atoms with Crippen LogP contribution in [0.2, 0.25) is 0 Å². The van der Waals surface area contributed by atoms with E-state index in [0.717, 1.165) is 19.4 Å². The van der Waals surface area contributed by atoms with Gasteiger partial charge in [-0.3, -0.25) is 0 Å². The molecule has 0 radical (unpaired) electrons. The third-order valence-electron chi connectivity index (χ3n) is 3.28. The van der Waals surface area contributed by atoms with Gasteiger partial charge in [0.2, 0.25) is 0 Å². The molecule has 1 aromatic rings. The van der Waals surface area contributed by atoms with Crippen LogP contribution in [0.4, 0.5) is 0 Å². The van der Waals surface area contributed by atoms with E-state index in [1.807, 2.05) is 0 Å². The number of hydrogen-bond donors (Lipinski definition) is 1. The molecule has 4 nitrogen and oxygen atoms in total. The van der Waals surface area contributed by atoms with E-state index in [0.29, 0.717) is 31.0 Å². The Labute approximate surface area is 124 Å². The average molecular weight is 459 g/mol. The van der Waals surface area contributed by atoms with Gasteiger partial charge in [-0.05, 0) is 0 Å². The van der Waals surface area contributed by atoms with Gasteiger partial charge in [0.25, 0.3) is 0 Å². The molecular formula is C12H16NO3STl. The molecule has 0 spiro atoms. The molecule has 1 aliphatic rings. The van der Waals surface area contributed by atoms with Crippen molar-refractivity contribution >= 4 is 35.9 Å². The molecule has 1 aromatic carbocycles. The monoisotopic (exact) mass is 459 g/mol. The third kappa shape index (κ3) is 3.31. The van der Waals surface area contributed by atoms with Crippen molar-refractivity contribution in [1.82, 2.24) is 2.71 Å². The van der Waals surface area contributed by atoms with Crippen LogP contribution in [-0.4, -0.2) is 66.7 Å². The molecule has 0 unspecified atom stereocenters. The first-order valence-electron chi connectivity index (χ1n) is 5.98. The molecule has 0 amide bonds. The van der Waals surface area contributed by atoms with Crippen LogP contribution in [0.25, 0.3) is 0 Å². The first-order valence-corrected chi connectivity index (χ1v) is 9.64. The van der Waals surface area contributed by atoms with Gasteiger partial charge in [-0.1, -0.05) is 0 Å². The summed E-state index contributed by atoms with van der Waals surface area (Å²) in [7, 11) is -3.38. The maximum atomic E-state index is 12.1. The Bertz CT molecular complexity index is 491. The number of benzene rings is 1. The van der Waals surface area contributed by atoms with E-state index in [1.54, 1.807) is 30.3 Å². The van der Waals surface area contributed by atoms with Crippen LogP contribution < -0.4 is 0 Å². The van der Waals surface area contributed by atoms with Crippen LogP contribution in [0.1, 0.15) is 12.8 Å². The van der Waals surface area contributed by atoms with Crippen LogP contribution >= 0.6 is 0 Å². The number of rotatable bonds is 4. The predicted molar refractivity (Wildman–Crippen MR) is 70.0 cm³/mol. The molecule has 1 fully saturated rings. The molecule has 0 saturated carbocycles. The summed E-state index contributed by atoms with van der Waals surface area (Å²) < 4.78 is 26.5. The second-order valence-electron chi connectivity index (χ2n) is 4.61. The van der Waals surface area contributed by atoms with Gasteiger partial charge in [0.15, 0.2) is 0 Å². The second-order valence-corrected chi connectivity index (χ2v) is 9.22. The average Bonchev–Trinajstić information content (AvgIpc) is 2.76. The summed E-state index contributed by atoms with van der Waals surface area (Å²) in [5.74, 6) is -0.176. The van der Waals surface area contributed by atoms with Gasteiger partial charge >= 0.3 is 125 Å². The van der Waals surface area contributed by atoms with Crippen LogP contribution in [0.5, 0.6) is 0 Å². The molecule has 1 aliphatic heterocycles. The Morgan fingerprint density at radius 3 is 2.61 bits per heavy atom.